The molecule has 2 rings (SSSR count). The molecule has 0 N–H and O–H groups in total. The fourth-order valence-electron chi connectivity index (χ4n) is 2.21. The Kier molecular flexibility index (Phi) is 2.72. The second-order valence-corrected chi connectivity index (χ2v) is 4.33. The summed E-state index contributed by atoms with van der Waals surface area (Å²) in [4.78, 5) is 12.0. The van der Waals surface area contributed by atoms with Crippen molar-refractivity contribution in [3.63, 3.8) is 0 Å². The zero-order valence-electron chi connectivity index (χ0n) is 10.2. The van der Waals surface area contributed by atoms with Gasteiger partial charge in [-0.25, -0.2) is 0 Å². The molecule has 0 bridgehead atoms. The molecular formula is C14H14N2O. The molecule has 0 spiro atoms. The van der Waals surface area contributed by atoms with Crippen LogP contribution in [0, 0.1) is 25.2 Å². The Bertz CT molecular complexity index is 690. The summed E-state index contributed by atoms with van der Waals surface area (Å²) < 4.78 is 1.64. The molecule has 17 heavy (non-hydrogen) atoms. The zero-order chi connectivity index (χ0) is 12.6. The molecule has 0 aliphatic rings. The van der Waals surface area contributed by atoms with Gasteiger partial charge in [0.2, 0.25) is 0 Å². The summed E-state index contributed by atoms with van der Waals surface area (Å²) in [5.74, 6) is 0. The van der Waals surface area contributed by atoms with Crippen molar-refractivity contribution < 1.29 is 0 Å². The van der Waals surface area contributed by atoms with Gasteiger partial charge in [0.1, 0.15) is 0 Å². The average molecular weight is 226 g/mol. The first-order valence-corrected chi connectivity index (χ1v) is 5.52. The molecule has 0 aliphatic heterocycles. The van der Waals surface area contributed by atoms with E-state index in [4.69, 9.17) is 5.26 Å². The minimum atomic E-state index is -0.0762. The predicted octanol–water partition coefficient (Wildman–Crippen LogP) is 2.22. The molecule has 3 heteroatoms. The Morgan fingerprint density at radius 1 is 1.29 bits per heavy atom. The summed E-state index contributed by atoms with van der Waals surface area (Å²) in [5.41, 5.74) is 3.65. The van der Waals surface area contributed by atoms with Crippen LogP contribution in [-0.2, 0) is 13.5 Å². The summed E-state index contributed by atoms with van der Waals surface area (Å²) in [6, 6.07) is 7.94. The number of aryl methyl sites for hydroxylation is 3. The summed E-state index contributed by atoms with van der Waals surface area (Å²) in [7, 11) is 1.76. The number of hydrogen-bond acceptors (Lipinski definition) is 2. The number of pyridine rings is 1. The lowest BCUT2D eigenvalue weighted by Gasteiger charge is -2.11. The highest BCUT2D eigenvalue weighted by Gasteiger charge is 2.09. The fraction of sp³-hybridized carbons (Fsp3) is 0.286. The van der Waals surface area contributed by atoms with Crippen LogP contribution < -0.4 is 5.56 Å². The molecule has 0 saturated carbocycles. The van der Waals surface area contributed by atoms with Crippen molar-refractivity contribution in [3.8, 4) is 6.07 Å². The van der Waals surface area contributed by atoms with Crippen molar-refractivity contribution in [2.45, 2.75) is 20.3 Å². The van der Waals surface area contributed by atoms with Gasteiger partial charge in [-0.3, -0.25) is 4.79 Å². The van der Waals surface area contributed by atoms with E-state index in [1.54, 1.807) is 11.6 Å². The smallest absolute Gasteiger partial charge is 0.255 e. The van der Waals surface area contributed by atoms with Gasteiger partial charge in [-0.1, -0.05) is 12.1 Å². The zero-order valence-corrected chi connectivity index (χ0v) is 10.2. The molecule has 2 aromatic rings. The normalized spacial score (nSPS) is 10.5. The van der Waals surface area contributed by atoms with Crippen LogP contribution >= 0.6 is 0 Å². The first-order valence-electron chi connectivity index (χ1n) is 5.52. The van der Waals surface area contributed by atoms with Crippen molar-refractivity contribution in [3.05, 3.63) is 45.2 Å². The number of rotatable bonds is 1. The topological polar surface area (TPSA) is 45.8 Å². The fourth-order valence-corrected chi connectivity index (χ4v) is 2.21. The number of aromatic nitrogens is 1. The third-order valence-corrected chi connectivity index (χ3v) is 3.14. The maximum Gasteiger partial charge on any atom is 0.255 e. The van der Waals surface area contributed by atoms with Gasteiger partial charge in [-0.2, -0.15) is 5.26 Å². The maximum atomic E-state index is 12.0. The molecule has 0 atom stereocenters. The summed E-state index contributed by atoms with van der Waals surface area (Å²) >= 11 is 0. The van der Waals surface area contributed by atoms with E-state index in [2.05, 4.69) is 0 Å². The SMILES string of the molecule is Cc1ccc(C)c2c1cc(CC#N)c(=O)n2C. The number of benzene rings is 1. The molecule has 86 valence electrons. The van der Waals surface area contributed by atoms with Crippen LogP contribution in [0.1, 0.15) is 16.7 Å². The Morgan fingerprint density at radius 3 is 2.59 bits per heavy atom. The molecule has 3 nitrogen and oxygen atoms in total. The van der Waals surface area contributed by atoms with Crippen LogP contribution in [0.4, 0.5) is 0 Å². The molecule has 0 amide bonds. The van der Waals surface area contributed by atoms with E-state index in [9.17, 15) is 4.79 Å². The Labute approximate surface area is 99.9 Å². The molecule has 1 heterocycles. The maximum absolute atomic E-state index is 12.0. The molecule has 1 aromatic carbocycles. The van der Waals surface area contributed by atoms with Crippen molar-refractivity contribution in [1.82, 2.24) is 4.57 Å². The Hall–Kier alpha value is -2.08. The van der Waals surface area contributed by atoms with E-state index in [1.807, 2.05) is 38.1 Å². The second kappa shape index (κ2) is 4.06. The molecule has 1 aromatic heterocycles. The lowest BCUT2D eigenvalue weighted by atomic mass is 10.0. The minimum absolute atomic E-state index is 0.0762. The van der Waals surface area contributed by atoms with Gasteiger partial charge in [0, 0.05) is 18.0 Å². The predicted molar refractivity (Wildman–Crippen MR) is 68.0 cm³/mol. The van der Waals surface area contributed by atoms with Crippen LogP contribution in [0.5, 0.6) is 0 Å². The van der Waals surface area contributed by atoms with Crippen molar-refractivity contribution in [1.29, 1.82) is 5.26 Å². The standard InChI is InChI=1S/C14H14N2O/c1-9-4-5-10(2)13-12(9)8-11(6-7-15)14(17)16(13)3/h4-5,8H,6H2,1-3H3. The van der Waals surface area contributed by atoms with E-state index in [0.717, 1.165) is 22.0 Å². The van der Waals surface area contributed by atoms with Crippen LogP contribution in [-0.4, -0.2) is 4.57 Å². The van der Waals surface area contributed by atoms with Gasteiger partial charge in [0.25, 0.3) is 5.56 Å². The summed E-state index contributed by atoms with van der Waals surface area (Å²) in [5, 5.41) is 9.79. The Morgan fingerprint density at radius 2 is 1.94 bits per heavy atom. The van der Waals surface area contributed by atoms with Gasteiger partial charge in [0.05, 0.1) is 18.0 Å². The minimum Gasteiger partial charge on any atom is -0.311 e. The Balaban J connectivity index is 2.97. The third-order valence-electron chi connectivity index (χ3n) is 3.14. The van der Waals surface area contributed by atoms with Crippen molar-refractivity contribution >= 4 is 10.9 Å². The van der Waals surface area contributed by atoms with Crippen LogP contribution in [0.3, 0.4) is 0 Å². The molecule has 0 fully saturated rings. The molecule has 0 aliphatic carbocycles. The van der Waals surface area contributed by atoms with Gasteiger partial charge in [0.15, 0.2) is 0 Å². The summed E-state index contributed by atoms with van der Waals surface area (Å²) in [6.45, 7) is 4.01. The van der Waals surface area contributed by atoms with Crippen molar-refractivity contribution in [2.24, 2.45) is 7.05 Å². The summed E-state index contributed by atoms with van der Waals surface area (Å²) in [6.07, 6.45) is 0.163. The lowest BCUT2D eigenvalue weighted by Crippen LogP contribution is -2.21. The van der Waals surface area contributed by atoms with Gasteiger partial charge in [-0.05, 0) is 31.0 Å². The highest BCUT2D eigenvalue weighted by atomic mass is 16.1. The lowest BCUT2D eigenvalue weighted by molar-refractivity contribution is 0.881. The quantitative estimate of drug-likeness (QED) is 0.748. The monoisotopic (exact) mass is 226 g/mol. The second-order valence-electron chi connectivity index (χ2n) is 4.33. The first kappa shape index (κ1) is 11.4. The third kappa shape index (κ3) is 1.72. The number of nitrogens with zero attached hydrogens (tertiary/aromatic N) is 2. The molecule has 0 radical (unpaired) electrons. The van der Waals surface area contributed by atoms with Gasteiger partial charge >= 0.3 is 0 Å². The van der Waals surface area contributed by atoms with E-state index >= 15 is 0 Å². The van der Waals surface area contributed by atoms with E-state index < -0.39 is 0 Å². The highest BCUT2D eigenvalue weighted by Crippen LogP contribution is 2.21. The van der Waals surface area contributed by atoms with Crippen molar-refractivity contribution in [2.75, 3.05) is 0 Å². The van der Waals surface area contributed by atoms with Crippen LogP contribution in [0.15, 0.2) is 23.0 Å². The largest absolute Gasteiger partial charge is 0.311 e. The van der Waals surface area contributed by atoms with Crippen LogP contribution in [0.25, 0.3) is 10.9 Å². The van der Waals surface area contributed by atoms with E-state index in [-0.39, 0.29) is 12.0 Å². The highest BCUT2D eigenvalue weighted by molar-refractivity contribution is 5.85. The molecular weight excluding hydrogens is 212 g/mol. The van der Waals surface area contributed by atoms with E-state index in [1.165, 1.54) is 0 Å². The first-order chi connectivity index (χ1) is 8.06. The van der Waals surface area contributed by atoms with Gasteiger partial charge < -0.3 is 4.57 Å². The average Bonchev–Trinajstić information content (AvgIpc) is 2.30. The number of fused-ring (bicyclic) bond motifs is 1. The van der Waals surface area contributed by atoms with E-state index in [0.29, 0.717) is 5.56 Å². The van der Waals surface area contributed by atoms with Gasteiger partial charge in [-0.15, -0.1) is 0 Å². The van der Waals surface area contributed by atoms with Crippen LogP contribution in [0.2, 0.25) is 0 Å². The molecule has 0 saturated heterocycles. The number of nitriles is 1. The molecule has 0 unspecified atom stereocenters. The number of hydrogen-bond donors (Lipinski definition) is 0.